The Morgan fingerprint density at radius 3 is 2.32 bits per heavy atom. The van der Waals surface area contributed by atoms with Crippen molar-refractivity contribution in [2.75, 3.05) is 13.1 Å². The summed E-state index contributed by atoms with van der Waals surface area (Å²) in [5.41, 5.74) is 0.352. The Morgan fingerprint density at radius 2 is 1.68 bits per heavy atom. The summed E-state index contributed by atoms with van der Waals surface area (Å²) in [7, 11) is -3.68. The predicted octanol–water partition coefficient (Wildman–Crippen LogP) is 3.58. The molecule has 5 nitrogen and oxygen atoms in total. The van der Waals surface area contributed by atoms with Gasteiger partial charge in [0.25, 0.3) is 5.91 Å². The van der Waals surface area contributed by atoms with E-state index < -0.39 is 10.0 Å². The van der Waals surface area contributed by atoms with E-state index in [2.05, 4.69) is 5.32 Å². The molecule has 2 fully saturated rings. The number of benzene rings is 1. The minimum absolute atomic E-state index is 0.0372. The van der Waals surface area contributed by atoms with E-state index in [9.17, 15) is 13.2 Å². The van der Waals surface area contributed by atoms with Crippen molar-refractivity contribution in [1.29, 1.82) is 0 Å². The second-order valence-corrected chi connectivity index (χ2v) is 9.23. The molecule has 1 saturated heterocycles. The van der Waals surface area contributed by atoms with E-state index in [0.717, 1.165) is 51.4 Å². The molecule has 1 saturated carbocycles. The molecule has 1 aliphatic heterocycles. The van der Waals surface area contributed by atoms with Crippen LogP contribution in [0, 0.1) is 0 Å². The van der Waals surface area contributed by atoms with Crippen molar-refractivity contribution in [3.05, 3.63) is 28.8 Å². The van der Waals surface area contributed by atoms with Crippen LogP contribution in [0.15, 0.2) is 23.1 Å². The first-order chi connectivity index (χ1) is 12.0. The molecule has 0 radical (unpaired) electrons. The fourth-order valence-corrected chi connectivity index (χ4v) is 5.62. The first-order valence-corrected chi connectivity index (χ1v) is 10.9. The normalized spacial score (nSPS) is 20.4. The van der Waals surface area contributed by atoms with Gasteiger partial charge in [-0.15, -0.1) is 0 Å². The maximum absolute atomic E-state index is 13.0. The summed E-state index contributed by atoms with van der Waals surface area (Å²) in [6.07, 6.45) is 8.03. The highest BCUT2D eigenvalue weighted by Gasteiger charge is 2.28. The van der Waals surface area contributed by atoms with E-state index >= 15 is 0 Å². The number of hydrogen-bond donors (Lipinski definition) is 1. The van der Waals surface area contributed by atoms with Gasteiger partial charge >= 0.3 is 0 Å². The summed E-state index contributed by atoms with van der Waals surface area (Å²) in [4.78, 5) is 12.5. The second-order valence-electron chi connectivity index (χ2n) is 6.92. The molecular weight excluding hydrogens is 360 g/mol. The average molecular weight is 385 g/mol. The lowest BCUT2D eigenvalue weighted by Gasteiger charge is -2.21. The molecule has 1 amide bonds. The van der Waals surface area contributed by atoms with E-state index in [1.54, 1.807) is 6.07 Å². The Morgan fingerprint density at radius 1 is 1.04 bits per heavy atom. The van der Waals surface area contributed by atoms with Crippen LogP contribution in [0.5, 0.6) is 0 Å². The van der Waals surface area contributed by atoms with Gasteiger partial charge in [0, 0.05) is 24.7 Å². The van der Waals surface area contributed by atoms with Gasteiger partial charge < -0.3 is 5.32 Å². The largest absolute Gasteiger partial charge is 0.349 e. The van der Waals surface area contributed by atoms with Crippen LogP contribution < -0.4 is 5.32 Å². The number of amides is 1. The highest BCUT2D eigenvalue weighted by molar-refractivity contribution is 7.89. The zero-order valence-electron chi connectivity index (χ0n) is 14.3. The van der Waals surface area contributed by atoms with Crippen molar-refractivity contribution in [3.63, 3.8) is 0 Å². The van der Waals surface area contributed by atoms with E-state index in [0.29, 0.717) is 18.7 Å². The number of rotatable bonds is 4. The van der Waals surface area contributed by atoms with Crippen LogP contribution in [-0.2, 0) is 10.0 Å². The minimum atomic E-state index is -3.68. The molecule has 138 valence electrons. The lowest BCUT2D eigenvalue weighted by Crippen LogP contribution is -2.34. The van der Waals surface area contributed by atoms with E-state index in [-0.39, 0.29) is 21.9 Å². The molecule has 7 heteroatoms. The van der Waals surface area contributed by atoms with Crippen molar-refractivity contribution in [2.24, 2.45) is 0 Å². The van der Waals surface area contributed by atoms with Gasteiger partial charge in [-0.3, -0.25) is 4.79 Å². The molecule has 2 aliphatic rings. The van der Waals surface area contributed by atoms with Crippen LogP contribution >= 0.6 is 11.6 Å². The lowest BCUT2D eigenvalue weighted by atomic mass is 10.2. The molecule has 0 bridgehead atoms. The van der Waals surface area contributed by atoms with Gasteiger partial charge in [-0.25, -0.2) is 8.42 Å². The van der Waals surface area contributed by atoms with E-state index in [1.807, 2.05) is 0 Å². The van der Waals surface area contributed by atoms with Crippen LogP contribution in [0.3, 0.4) is 0 Å². The SMILES string of the molecule is O=C(NC1CCCC1)c1ccc(Cl)c(S(=O)(=O)N2CCCCCC2)c1. The third-order valence-electron chi connectivity index (χ3n) is 5.07. The summed E-state index contributed by atoms with van der Waals surface area (Å²) in [5, 5.41) is 3.16. The quantitative estimate of drug-likeness (QED) is 0.862. The number of carbonyl (C=O) groups is 1. The molecule has 25 heavy (non-hydrogen) atoms. The number of sulfonamides is 1. The molecule has 1 N–H and O–H groups in total. The van der Waals surface area contributed by atoms with Crippen LogP contribution in [0.1, 0.15) is 61.7 Å². The monoisotopic (exact) mass is 384 g/mol. The van der Waals surface area contributed by atoms with Crippen LogP contribution in [0.4, 0.5) is 0 Å². The maximum Gasteiger partial charge on any atom is 0.251 e. The lowest BCUT2D eigenvalue weighted by molar-refractivity contribution is 0.0937. The number of halogens is 1. The summed E-state index contributed by atoms with van der Waals surface area (Å²) < 4.78 is 27.5. The smallest absolute Gasteiger partial charge is 0.251 e. The van der Waals surface area contributed by atoms with Crippen molar-refractivity contribution in [2.45, 2.75) is 62.3 Å². The molecule has 1 aliphatic carbocycles. The van der Waals surface area contributed by atoms with Crippen molar-refractivity contribution < 1.29 is 13.2 Å². The molecule has 1 heterocycles. The number of nitrogens with one attached hydrogen (secondary N) is 1. The van der Waals surface area contributed by atoms with Gasteiger partial charge in [-0.2, -0.15) is 4.31 Å². The van der Waals surface area contributed by atoms with Crippen LogP contribution in [-0.4, -0.2) is 37.8 Å². The summed E-state index contributed by atoms with van der Waals surface area (Å²) in [5.74, 6) is -0.226. The summed E-state index contributed by atoms with van der Waals surface area (Å²) >= 11 is 6.18. The second kappa shape index (κ2) is 8.06. The molecule has 1 aromatic rings. The molecular formula is C18H25ClN2O3S. The summed E-state index contributed by atoms with van der Waals surface area (Å²) in [6, 6.07) is 4.71. The Labute approximate surface area is 154 Å². The number of hydrogen-bond acceptors (Lipinski definition) is 3. The Hall–Kier alpha value is -1.11. The fraction of sp³-hybridized carbons (Fsp3) is 0.611. The standard InChI is InChI=1S/C18H25ClN2O3S/c19-16-10-9-14(18(22)20-15-7-3-4-8-15)13-17(16)25(23,24)21-11-5-1-2-6-12-21/h9-10,13,15H,1-8,11-12H2,(H,20,22). The Bertz CT molecular complexity index is 722. The van der Waals surface area contributed by atoms with Crippen LogP contribution in [0.25, 0.3) is 0 Å². The third-order valence-corrected chi connectivity index (χ3v) is 7.45. The highest BCUT2D eigenvalue weighted by atomic mass is 35.5. The first-order valence-electron chi connectivity index (χ1n) is 9.09. The molecule has 3 rings (SSSR count). The highest BCUT2D eigenvalue weighted by Crippen LogP contribution is 2.28. The zero-order valence-corrected chi connectivity index (χ0v) is 15.9. The van der Waals surface area contributed by atoms with Gasteiger partial charge in [0.15, 0.2) is 0 Å². The molecule has 0 aromatic heterocycles. The molecule has 0 spiro atoms. The summed E-state index contributed by atoms with van der Waals surface area (Å²) in [6.45, 7) is 1.02. The van der Waals surface area contributed by atoms with Gasteiger partial charge in [-0.05, 0) is 43.9 Å². The first kappa shape index (κ1) is 18.7. The number of nitrogens with zero attached hydrogens (tertiary/aromatic N) is 1. The van der Waals surface area contributed by atoms with Crippen molar-refractivity contribution >= 4 is 27.5 Å². The van der Waals surface area contributed by atoms with E-state index in [1.165, 1.54) is 16.4 Å². The van der Waals surface area contributed by atoms with Crippen molar-refractivity contribution in [1.82, 2.24) is 9.62 Å². The van der Waals surface area contributed by atoms with Gasteiger partial charge in [0.2, 0.25) is 10.0 Å². The number of carbonyl (C=O) groups excluding carboxylic acids is 1. The predicted molar refractivity (Wildman–Crippen MR) is 98.4 cm³/mol. The third kappa shape index (κ3) is 4.36. The van der Waals surface area contributed by atoms with Crippen molar-refractivity contribution in [3.8, 4) is 0 Å². The van der Waals surface area contributed by atoms with Gasteiger partial charge in [-0.1, -0.05) is 37.3 Å². The topological polar surface area (TPSA) is 66.5 Å². The van der Waals surface area contributed by atoms with Crippen LogP contribution in [0.2, 0.25) is 5.02 Å². The Kier molecular flexibility index (Phi) is 6.02. The minimum Gasteiger partial charge on any atom is -0.349 e. The average Bonchev–Trinajstić information content (AvgIpc) is 2.93. The molecule has 0 unspecified atom stereocenters. The zero-order chi connectivity index (χ0) is 17.9. The van der Waals surface area contributed by atoms with Gasteiger partial charge in [0.05, 0.1) is 5.02 Å². The van der Waals surface area contributed by atoms with E-state index in [4.69, 9.17) is 11.6 Å². The fourth-order valence-electron chi connectivity index (χ4n) is 3.60. The molecule has 1 aromatic carbocycles. The molecule has 0 atom stereocenters. The Balaban J connectivity index is 1.83. The van der Waals surface area contributed by atoms with Gasteiger partial charge in [0.1, 0.15) is 4.90 Å². The maximum atomic E-state index is 13.0.